The van der Waals surface area contributed by atoms with E-state index in [1.165, 1.54) is 4.90 Å². The second kappa shape index (κ2) is 5.00. The van der Waals surface area contributed by atoms with Crippen molar-refractivity contribution in [3.8, 4) is 0 Å². The zero-order valence-corrected chi connectivity index (χ0v) is 12.1. The highest BCUT2D eigenvalue weighted by atomic mass is 32.2. The van der Waals surface area contributed by atoms with Crippen molar-refractivity contribution >= 4 is 38.0 Å². The van der Waals surface area contributed by atoms with E-state index < -0.39 is 20.6 Å². The monoisotopic (exact) mass is 320 g/mol. The van der Waals surface area contributed by atoms with Crippen LogP contribution in [0.1, 0.15) is 0 Å². The molecule has 1 amide bonds. The molecule has 1 aromatic rings. The molecule has 9 nitrogen and oxygen atoms in total. The fourth-order valence-corrected chi connectivity index (χ4v) is 4.46. The number of carbonyl (C=O) groups excluding carboxylic acids is 1. The Labute approximate surface area is 118 Å². The zero-order valence-electron chi connectivity index (χ0n) is 10.5. The fourth-order valence-electron chi connectivity index (χ4n) is 1.71. The van der Waals surface area contributed by atoms with Gasteiger partial charge in [0.05, 0.1) is 11.5 Å². The van der Waals surface area contributed by atoms with Gasteiger partial charge in [0.25, 0.3) is 10.0 Å². The van der Waals surface area contributed by atoms with Crippen LogP contribution >= 0.6 is 11.3 Å². The maximum Gasteiger partial charge on any atom is 0.304 e. The van der Waals surface area contributed by atoms with Gasteiger partial charge in [-0.1, -0.05) is 11.3 Å². The van der Waals surface area contributed by atoms with E-state index in [1.807, 2.05) is 0 Å². The number of piperazine rings is 1. The molecule has 0 aromatic carbocycles. The Bertz CT molecular complexity index is 668. The second-order valence-electron chi connectivity index (χ2n) is 4.23. The Morgan fingerprint density at radius 1 is 1.45 bits per heavy atom. The highest BCUT2D eigenvalue weighted by Gasteiger charge is 2.34. The van der Waals surface area contributed by atoms with Crippen molar-refractivity contribution in [2.45, 2.75) is 4.21 Å². The first-order valence-corrected chi connectivity index (χ1v) is 7.77. The van der Waals surface area contributed by atoms with Gasteiger partial charge in [0.2, 0.25) is 5.91 Å². The van der Waals surface area contributed by atoms with Crippen LogP contribution in [0, 0.1) is 10.1 Å². The van der Waals surface area contributed by atoms with Crippen molar-refractivity contribution in [3.63, 3.8) is 0 Å². The van der Waals surface area contributed by atoms with Crippen LogP contribution in [-0.4, -0.2) is 55.1 Å². The van der Waals surface area contributed by atoms with Crippen molar-refractivity contribution in [1.29, 1.82) is 0 Å². The number of nitrogens with zero attached hydrogens (tertiary/aromatic N) is 3. The summed E-state index contributed by atoms with van der Waals surface area (Å²) in [6.07, 6.45) is 0. The molecule has 2 N–H and O–H groups in total. The molecule has 0 saturated carbocycles. The van der Waals surface area contributed by atoms with Crippen LogP contribution in [0.15, 0.2) is 10.3 Å². The second-order valence-corrected chi connectivity index (χ2v) is 7.47. The summed E-state index contributed by atoms with van der Waals surface area (Å²) < 4.78 is 25.4. The molecular weight excluding hydrogens is 308 g/mol. The van der Waals surface area contributed by atoms with Gasteiger partial charge in [0.1, 0.15) is 4.21 Å². The molecule has 0 unspecified atom stereocenters. The minimum atomic E-state index is -3.93. The molecule has 1 saturated heterocycles. The molecule has 1 aromatic heterocycles. The third kappa shape index (κ3) is 2.46. The largest absolute Gasteiger partial charge is 0.385 e. The third-order valence-electron chi connectivity index (χ3n) is 2.93. The lowest BCUT2D eigenvalue weighted by atomic mass is 10.4. The van der Waals surface area contributed by atoms with E-state index in [0.717, 1.165) is 10.4 Å². The number of rotatable bonds is 3. The third-order valence-corrected chi connectivity index (χ3v) is 6.18. The van der Waals surface area contributed by atoms with Crippen LogP contribution in [0.2, 0.25) is 0 Å². The Hall–Kier alpha value is -1.72. The lowest BCUT2D eigenvalue weighted by Crippen LogP contribution is -2.50. The normalized spacial score (nSPS) is 17.4. The number of nitro groups is 1. The van der Waals surface area contributed by atoms with Gasteiger partial charge in [0.15, 0.2) is 5.00 Å². The molecule has 2 heterocycles. The standard InChI is InChI=1S/C9H12N4O5S2/c1-11-2-3-12(5-7(11)14)20(17,18)8-4-6(13(15)16)9(10)19-8/h4H,2-3,5,10H2,1H3. The minimum Gasteiger partial charge on any atom is -0.385 e. The summed E-state index contributed by atoms with van der Waals surface area (Å²) in [4.78, 5) is 22.9. The fraction of sp³-hybridized carbons (Fsp3) is 0.444. The van der Waals surface area contributed by atoms with Crippen molar-refractivity contribution in [3.05, 3.63) is 16.2 Å². The average Bonchev–Trinajstić information content (AvgIpc) is 2.75. The number of amides is 1. The minimum absolute atomic E-state index is 0.149. The Balaban J connectivity index is 2.33. The number of thiophene rings is 1. The lowest BCUT2D eigenvalue weighted by molar-refractivity contribution is -0.383. The Morgan fingerprint density at radius 3 is 2.60 bits per heavy atom. The number of sulfonamides is 1. The molecule has 1 fully saturated rings. The molecular formula is C9H12N4O5S2. The van der Waals surface area contributed by atoms with Gasteiger partial charge in [-0.2, -0.15) is 4.31 Å². The van der Waals surface area contributed by atoms with Crippen molar-refractivity contribution in [2.24, 2.45) is 0 Å². The molecule has 0 radical (unpaired) electrons. The van der Waals surface area contributed by atoms with Gasteiger partial charge in [-0.3, -0.25) is 14.9 Å². The van der Waals surface area contributed by atoms with Crippen LogP contribution < -0.4 is 5.73 Å². The highest BCUT2D eigenvalue weighted by Crippen LogP contribution is 2.35. The van der Waals surface area contributed by atoms with E-state index in [4.69, 9.17) is 5.73 Å². The smallest absolute Gasteiger partial charge is 0.304 e. The maximum absolute atomic E-state index is 12.3. The summed E-state index contributed by atoms with van der Waals surface area (Å²) in [6, 6.07) is 0.929. The van der Waals surface area contributed by atoms with E-state index in [2.05, 4.69) is 0 Å². The van der Waals surface area contributed by atoms with Crippen LogP contribution in [-0.2, 0) is 14.8 Å². The van der Waals surface area contributed by atoms with Gasteiger partial charge in [0, 0.05) is 26.2 Å². The highest BCUT2D eigenvalue weighted by molar-refractivity contribution is 7.91. The van der Waals surface area contributed by atoms with E-state index in [0.29, 0.717) is 11.3 Å². The van der Waals surface area contributed by atoms with Crippen molar-refractivity contribution in [2.75, 3.05) is 32.4 Å². The molecule has 110 valence electrons. The molecule has 1 aliphatic heterocycles. The number of hydrogen-bond donors (Lipinski definition) is 1. The van der Waals surface area contributed by atoms with Gasteiger partial charge < -0.3 is 10.6 Å². The number of carbonyl (C=O) groups is 1. The van der Waals surface area contributed by atoms with Gasteiger partial charge in [-0.25, -0.2) is 8.42 Å². The predicted octanol–water partition coefficient (Wildman–Crippen LogP) is -0.299. The molecule has 20 heavy (non-hydrogen) atoms. The molecule has 0 atom stereocenters. The first kappa shape index (κ1) is 14.7. The Kier molecular flexibility index (Phi) is 3.67. The zero-order chi connectivity index (χ0) is 15.1. The summed E-state index contributed by atoms with van der Waals surface area (Å²) in [7, 11) is -2.35. The first-order chi connectivity index (χ1) is 9.23. The number of nitrogens with two attached hydrogens (primary N) is 1. The van der Waals surface area contributed by atoms with Gasteiger partial charge in [-0.05, 0) is 0 Å². The van der Waals surface area contributed by atoms with E-state index in [9.17, 15) is 23.3 Å². The first-order valence-electron chi connectivity index (χ1n) is 5.51. The quantitative estimate of drug-likeness (QED) is 0.602. The van der Waals surface area contributed by atoms with Crippen LogP contribution in [0.25, 0.3) is 0 Å². The van der Waals surface area contributed by atoms with Crippen molar-refractivity contribution in [1.82, 2.24) is 9.21 Å². The number of likely N-dealkylation sites (N-methyl/N-ethyl adjacent to an activating group) is 1. The summed E-state index contributed by atoms with van der Waals surface area (Å²) in [6.45, 7) is 0.154. The number of hydrogen-bond acceptors (Lipinski definition) is 7. The Morgan fingerprint density at radius 2 is 2.10 bits per heavy atom. The average molecular weight is 320 g/mol. The number of nitrogen functional groups attached to an aromatic ring is 1. The molecule has 11 heteroatoms. The molecule has 2 rings (SSSR count). The topological polar surface area (TPSA) is 127 Å². The predicted molar refractivity (Wildman–Crippen MR) is 71.8 cm³/mol. The molecule has 0 spiro atoms. The summed E-state index contributed by atoms with van der Waals surface area (Å²) in [5.41, 5.74) is 5.00. The molecule has 1 aliphatic rings. The van der Waals surface area contributed by atoms with Crippen molar-refractivity contribution < 1.29 is 18.1 Å². The van der Waals surface area contributed by atoms with Crippen LogP contribution in [0.3, 0.4) is 0 Å². The van der Waals surface area contributed by atoms with Gasteiger partial charge >= 0.3 is 5.69 Å². The molecule has 0 aliphatic carbocycles. The number of anilines is 1. The van der Waals surface area contributed by atoms with Crippen LogP contribution in [0.4, 0.5) is 10.7 Å². The van der Waals surface area contributed by atoms with E-state index in [1.54, 1.807) is 7.05 Å². The maximum atomic E-state index is 12.3. The summed E-state index contributed by atoms with van der Waals surface area (Å²) in [5.74, 6) is -0.321. The summed E-state index contributed by atoms with van der Waals surface area (Å²) in [5, 5.41) is 10.5. The van der Waals surface area contributed by atoms with Gasteiger partial charge in [-0.15, -0.1) is 0 Å². The lowest BCUT2D eigenvalue weighted by Gasteiger charge is -2.30. The van der Waals surface area contributed by atoms with E-state index >= 15 is 0 Å². The summed E-state index contributed by atoms with van der Waals surface area (Å²) >= 11 is 0.627. The SMILES string of the molecule is CN1CCN(S(=O)(=O)c2cc([N+](=O)[O-])c(N)s2)CC1=O. The molecule has 0 bridgehead atoms. The van der Waals surface area contributed by atoms with E-state index in [-0.39, 0.29) is 34.8 Å². The van der Waals surface area contributed by atoms with Crippen LogP contribution in [0.5, 0.6) is 0 Å².